The molecule has 9 heteroatoms. The summed E-state index contributed by atoms with van der Waals surface area (Å²) in [5, 5.41) is 8.11. The topological polar surface area (TPSA) is 65.8 Å². The number of carbonyl (C=O) groups is 1. The van der Waals surface area contributed by atoms with Gasteiger partial charge in [0.1, 0.15) is 6.54 Å². The van der Waals surface area contributed by atoms with E-state index in [9.17, 15) is 4.79 Å². The quantitative estimate of drug-likeness (QED) is 0.396. The van der Waals surface area contributed by atoms with Gasteiger partial charge in [-0.1, -0.05) is 23.7 Å². The van der Waals surface area contributed by atoms with Crippen LogP contribution in [0.1, 0.15) is 12.5 Å². The van der Waals surface area contributed by atoms with E-state index in [0.717, 1.165) is 23.8 Å². The van der Waals surface area contributed by atoms with Crippen molar-refractivity contribution in [2.75, 3.05) is 31.1 Å². The SMILES string of the molecule is CCNC(=NCc1cccc(Cl)c1)N1CCN(c2cnn(C)c2)C(=O)C1.I. The molecule has 2 aromatic rings. The predicted molar refractivity (Wildman–Crippen MR) is 119 cm³/mol. The summed E-state index contributed by atoms with van der Waals surface area (Å²) >= 11 is 6.03. The maximum atomic E-state index is 12.6. The van der Waals surface area contributed by atoms with Crippen molar-refractivity contribution in [2.24, 2.45) is 12.0 Å². The second-order valence-electron chi connectivity index (χ2n) is 6.14. The molecule has 0 radical (unpaired) electrons. The minimum Gasteiger partial charge on any atom is -0.356 e. The van der Waals surface area contributed by atoms with Crippen molar-refractivity contribution in [3.8, 4) is 0 Å². The molecule has 7 nitrogen and oxygen atoms in total. The molecule has 0 aliphatic carbocycles. The molecule has 2 heterocycles. The molecular formula is C18H24ClIN6O. The van der Waals surface area contributed by atoms with Crippen LogP contribution < -0.4 is 10.2 Å². The highest BCUT2D eigenvalue weighted by molar-refractivity contribution is 14.0. The number of rotatable bonds is 4. The number of aryl methyl sites for hydroxylation is 1. The normalized spacial score (nSPS) is 14.9. The van der Waals surface area contributed by atoms with Gasteiger partial charge in [0.15, 0.2) is 5.96 Å². The van der Waals surface area contributed by atoms with Crippen LogP contribution in [0.2, 0.25) is 5.02 Å². The molecule has 1 saturated heterocycles. The number of hydrogen-bond donors (Lipinski definition) is 1. The van der Waals surface area contributed by atoms with Crippen molar-refractivity contribution in [2.45, 2.75) is 13.5 Å². The third kappa shape index (κ3) is 5.58. The van der Waals surface area contributed by atoms with Crippen LogP contribution in [-0.4, -0.2) is 52.7 Å². The molecule has 0 saturated carbocycles. The molecule has 3 rings (SSSR count). The van der Waals surface area contributed by atoms with Gasteiger partial charge >= 0.3 is 0 Å². The number of halogens is 2. The molecule has 1 aromatic carbocycles. The summed E-state index contributed by atoms with van der Waals surface area (Å²) in [7, 11) is 1.84. The first kappa shape index (κ1) is 21.5. The van der Waals surface area contributed by atoms with Crippen LogP contribution in [0.5, 0.6) is 0 Å². The molecule has 27 heavy (non-hydrogen) atoms. The first-order valence-corrected chi connectivity index (χ1v) is 9.01. The van der Waals surface area contributed by atoms with Gasteiger partial charge < -0.3 is 15.1 Å². The lowest BCUT2D eigenvalue weighted by molar-refractivity contribution is -0.120. The number of anilines is 1. The third-order valence-corrected chi connectivity index (χ3v) is 4.39. The number of aromatic nitrogens is 2. The van der Waals surface area contributed by atoms with Gasteiger partial charge in [-0.3, -0.25) is 9.48 Å². The average molecular weight is 503 g/mol. The lowest BCUT2D eigenvalue weighted by atomic mass is 10.2. The van der Waals surface area contributed by atoms with Crippen LogP contribution >= 0.6 is 35.6 Å². The number of nitrogens with zero attached hydrogens (tertiary/aromatic N) is 5. The second-order valence-corrected chi connectivity index (χ2v) is 6.58. The van der Waals surface area contributed by atoms with Crippen molar-refractivity contribution >= 4 is 53.1 Å². The lowest BCUT2D eigenvalue weighted by Crippen LogP contribution is -2.55. The van der Waals surface area contributed by atoms with Crippen LogP contribution in [0.15, 0.2) is 41.7 Å². The highest BCUT2D eigenvalue weighted by Gasteiger charge is 2.27. The summed E-state index contributed by atoms with van der Waals surface area (Å²) in [6, 6.07) is 7.65. The molecular weight excluding hydrogens is 479 g/mol. The smallest absolute Gasteiger partial charge is 0.246 e. The average Bonchev–Trinajstić information content (AvgIpc) is 3.04. The first-order valence-electron chi connectivity index (χ1n) is 8.63. The fourth-order valence-corrected chi connectivity index (χ4v) is 3.11. The summed E-state index contributed by atoms with van der Waals surface area (Å²) in [6.07, 6.45) is 3.57. The number of nitrogens with one attached hydrogen (secondary N) is 1. The van der Waals surface area contributed by atoms with E-state index >= 15 is 0 Å². The first-order chi connectivity index (χ1) is 12.6. The van der Waals surface area contributed by atoms with E-state index in [2.05, 4.69) is 15.4 Å². The van der Waals surface area contributed by atoms with Crippen molar-refractivity contribution in [3.05, 3.63) is 47.2 Å². The minimum absolute atomic E-state index is 0. The summed E-state index contributed by atoms with van der Waals surface area (Å²) in [6.45, 7) is 4.87. The molecule has 1 N–H and O–H groups in total. The molecule has 0 spiro atoms. The molecule has 1 amide bonds. The largest absolute Gasteiger partial charge is 0.356 e. The summed E-state index contributed by atoms with van der Waals surface area (Å²) < 4.78 is 1.70. The van der Waals surface area contributed by atoms with E-state index in [-0.39, 0.29) is 36.4 Å². The molecule has 146 valence electrons. The van der Waals surface area contributed by atoms with Gasteiger partial charge in [0, 0.05) is 37.9 Å². The predicted octanol–water partition coefficient (Wildman–Crippen LogP) is 2.51. The van der Waals surface area contributed by atoms with Crippen molar-refractivity contribution in [3.63, 3.8) is 0 Å². The van der Waals surface area contributed by atoms with E-state index in [4.69, 9.17) is 11.6 Å². The van der Waals surface area contributed by atoms with E-state index in [1.165, 1.54) is 0 Å². The van der Waals surface area contributed by atoms with Crippen molar-refractivity contribution in [1.29, 1.82) is 0 Å². The zero-order chi connectivity index (χ0) is 18.5. The zero-order valence-electron chi connectivity index (χ0n) is 15.4. The molecule has 1 aliphatic heterocycles. The second kappa shape index (κ2) is 9.93. The van der Waals surface area contributed by atoms with Gasteiger partial charge in [-0.2, -0.15) is 5.10 Å². The Labute approximate surface area is 181 Å². The zero-order valence-corrected chi connectivity index (χ0v) is 18.5. The van der Waals surface area contributed by atoms with E-state index in [1.807, 2.05) is 49.3 Å². The Kier molecular flexibility index (Phi) is 7.91. The fourth-order valence-electron chi connectivity index (χ4n) is 2.90. The molecule has 1 fully saturated rings. The van der Waals surface area contributed by atoms with Gasteiger partial charge in [-0.25, -0.2) is 4.99 Å². The Morgan fingerprint density at radius 1 is 1.37 bits per heavy atom. The number of piperazine rings is 1. The van der Waals surface area contributed by atoms with Gasteiger partial charge in [-0.05, 0) is 24.6 Å². The Hall–Kier alpha value is -1.81. The van der Waals surface area contributed by atoms with E-state index in [0.29, 0.717) is 24.7 Å². The number of carbonyl (C=O) groups excluding carboxylic acids is 1. The van der Waals surface area contributed by atoms with Crippen LogP contribution in [0.4, 0.5) is 5.69 Å². The van der Waals surface area contributed by atoms with Crippen LogP contribution in [0.3, 0.4) is 0 Å². The maximum Gasteiger partial charge on any atom is 0.246 e. The van der Waals surface area contributed by atoms with Crippen LogP contribution in [0.25, 0.3) is 0 Å². The number of hydrogen-bond acceptors (Lipinski definition) is 3. The number of guanidine groups is 1. The monoisotopic (exact) mass is 502 g/mol. The Balaban J connectivity index is 0.00000261. The summed E-state index contributed by atoms with van der Waals surface area (Å²) in [5.41, 5.74) is 1.87. The van der Waals surface area contributed by atoms with Gasteiger partial charge in [-0.15, -0.1) is 24.0 Å². The number of amides is 1. The van der Waals surface area contributed by atoms with Crippen LogP contribution in [0, 0.1) is 0 Å². The highest BCUT2D eigenvalue weighted by Crippen LogP contribution is 2.16. The highest BCUT2D eigenvalue weighted by atomic mass is 127. The summed E-state index contributed by atoms with van der Waals surface area (Å²) in [4.78, 5) is 21.0. The maximum absolute atomic E-state index is 12.6. The standard InChI is InChI=1S/C18H23ClN6O.HI/c1-3-20-18(21-10-14-5-4-6-15(19)9-14)24-7-8-25(17(26)13-24)16-11-22-23(2)12-16;/h4-6,9,11-12H,3,7-8,10,13H2,1-2H3,(H,20,21);1H. The molecule has 1 aliphatic rings. The van der Waals surface area contributed by atoms with Crippen molar-refractivity contribution < 1.29 is 4.79 Å². The Bertz CT molecular complexity index is 809. The summed E-state index contributed by atoms with van der Waals surface area (Å²) in [5.74, 6) is 0.782. The molecule has 0 unspecified atom stereocenters. The molecule has 1 aromatic heterocycles. The van der Waals surface area contributed by atoms with Crippen molar-refractivity contribution in [1.82, 2.24) is 20.0 Å². The van der Waals surface area contributed by atoms with E-state index in [1.54, 1.807) is 15.8 Å². The molecule has 0 bridgehead atoms. The number of benzene rings is 1. The molecule has 0 atom stereocenters. The Morgan fingerprint density at radius 2 is 2.19 bits per heavy atom. The number of aliphatic imine (C=N–C) groups is 1. The van der Waals surface area contributed by atoms with Crippen LogP contribution in [-0.2, 0) is 18.4 Å². The Morgan fingerprint density at radius 3 is 2.81 bits per heavy atom. The van der Waals surface area contributed by atoms with Gasteiger partial charge in [0.2, 0.25) is 5.91 Å². The fraction of sp³-hybridized carbons (Fsp3) is 0.389. The van der Waals surface area contributed by atoms with Gasteiger partial charge in [0.25, 0.3) is 0 Å². The lowest BCUT2D eigenvalue weighted by Gasteiger charge is -2.35. The third-order valence-electron chi connectivity index (χ3n) is 4.16. The van der Waals surface area contributed by atoms with Gasteiger partial charge in [0.05, 0.1) is 18.4 Å². The minimum atomic E-state index is 0. The van der Waals surface area contributed by atoms with E-state index < -0.39 is 0 Å².